The summed E-state index contributed by atoms with van der Waals surface area (Å²) in [6, 6.07) is 0. The third-order valence-electron chi connectivity index (χ3n) is 3.24. The summed E-state index contributed by atoms with van der Waals surface area (Å²) < 4.78 is 1.70. The largest absolute Gasteiger partial charge is 0.208 e. The summed E-state index contributed by atoms with van der Waals surface area (Å²) in [4.78, 5) is 0. The molecule has 2 fully saturated rings. The van der Waals surface area contributed by atoms with Gasteiger partial charge < -0.3 is 0 Å². The molecule has 0 N–H and O–H groups in total. The van der Waals surface area contributed by atoms with Crippen LogP contribution in [0.15, 0.2) is 17.8 Å². The Labute approximate surface area is 76.7 Å². The average molecular weight is 176 g/mol. The van der Waals surface area contributed by atoms with E-state index in [0.717, 1.165) is 0 Å². The molecule has 0 atom stereocenters. The first-order valence-corrected chi connectivity index (χ1v) is 4.78. The lowest BCUT2D eigenvalue weighted by Crippen LogP contribution is -2.43. The minimum Gasteiger partial charge on any atom is -0.208 e. The van der Waals surface area contributed by atoms with E-state index in [4.69, 9.17) is 0 Å². The fraction of sp³-hybridized carbons (Fsp3) is 0.667. The third-order valence-corrected chi connectivity index (χ3v) is 3.24. The molecular formula is C9H12N4. The Morgan fingerprint density at radius 2 is 1.92 bits per heavy atom. The number of nitrogens with zero attached hydrogens (tertiary/aromatic N) is 4. The number of aromatic nitrogens is 3. The van der Waals surface area contributed by atoms with Gasteiger partial charge in [-0.2, -0.15) is 5.10 Å². The molecule has 1 spiro atoms. The lowest BCUT2D eigenvalue weighted by atomic mass is 9.55. The highest BCUT2D eigenvalue weighted by molar-refractivity contribution is 5.91. The maximum atomic E-state index is 4.41. The van der Waals surface area contributed by atoms with Crippen LogP contribution in [0.3, 0.4) is 0 Å². The molecular weight excluding hydrogens is 164 g/mol. The van der Waals surface area contributed by atoms with Crippen LogP contribution < -0.4 is 0 Å². The Hall–Kier alpha value is -1.19. The van der Waals surface area contributed by atoms with Crippen molar-refractivity contribution in [3.63, 3.8) is 0 Å². The summed E-state index contributed by atoms with van der Waals surface area (Å²) in [7, 11) is 0. The molecule has 13 heavy (non-hydrogen) atoms. The van der Waals surface area contributed by atoms with Crippen molar-refractivity contribution in [2.45, 2.75) is 32.1 Å². The van der Waals surface area contributed by atoms with Crippen LogP contribution in [-0.4, -0.2) is 20.6 Å². The Morgan fingerprint density at radius 3 is 2.46 bits per heavy atom. The molecule has 0 aromatic carbocycles. The summed E-state index contributed by atoms with van der Waals surface area (Å²) in [5.41, 5.74) is 1.98. The van der Waals surface area contributed by atoms with Gasteiger partial charge >= 0.3 is 0 Å². The van der Waals surface area contributed by atoms with Gasteiger partial charge in [0.05, 0.1) is 0 Å². The van der Waals surface area contributed by atoms with Crippen LogP contribution in [0.1, 0.15) is 32.1 Å². The third kappa shape index (κ3) is 1.08. The van der Waals surface area contributed by atoms with Gasteiger partial charge in [0.15, 0.2) is 0 Å². The highest BCUT2D eigenvalue weighted by Crippen LogP contribution is 2.54. The molecule has 3 rings (SSSR count). The van der Waals surface area contributed by atoms with E-state index >= 15 is 0 Å². The van der Waals surface area contributed by atoms with Crippen molar-refractivity contribution in [1.29, 1.82) is 0 Å². The zero-order chi connectivity index (χ0) is 8.73. The Balaban J connectivity index is 1.70. The molecule has 2 aliphatic rings. The van der Waals surface area contributed by atoms with Crippen molar-refractivity contribution in [3.8, 4) is 0 Å². The van der Waals surface area contributed by atoms with E-state index in [1.54, 1.807) is 17.3 Å². The van der Waals surface area contributed by atoms with Crippen LogP contribution in [0.4, 0.5) is 0 Å². The van der Waals surface area contributed by atoms with Crippen molar-refractivity contribution in [3.05, 3.63) is 12.7 Å². The van der Waals surface area contributed by atoms with Gasteiger partial charge in [-0.15, -0.1) is 10.2 Å². The van der Waals surface area contributed by atoms with Crippen LogP contribution in [0.2, 0.25) is 0 Å². The molecule has 1 aromatic heterocycles. The van der Waals surface area contributed by atoms with Crippen LogP contribution >= 0.6 is 0 Å². The van der Waals surface area contributed by atoms with Crippen LogP contribution in [0, 0.1) is 5.41 Å². The summed E-state index contributed by atoms with van der Waals surface area (Å²) in [5.74, 6) is 0. The summed E-state index contributed by atoms with van der Waals surface area (Å²) >= 11 is 0. The van der Waals surface area contributed by atoms with E-state index in [0.29, 0.717) is 5.41 Å². The van der Waals surface area contributed by atoms with E-state index < -0.39 is 0 Å². The first-order chi connectivity index (χ1) is 6.36. The molecule has 68 valence electrons. The molecule has 0 aliphatic heterocycles. The van der Waals surface area contributed by atoms with Gasteiger partial charge in [0.25, 0.3) is 0 Å². The van der Waals surface area contributed by atoms with Gasteiger partial charge in [0.1, 0.15) is 12.7 Å². The molecule has 0 radical (unpaired) electrons. The summed E-state index contributed by atoms with van der Waals surface area (Å²) in [5, 5.41) is 11.8. The molecule has 4 heteroatoms. The quantitative estimate of drug-likeness (QED) is 0.650. The molecule has 0 bridgehead atoms. The maximum Gasteiger partial charge on any atom is 0.141 e. The molecule has 2 aliphatic carbocycles. The number of hydrogen-bond acceptors (Lipinski definition) is 3. The SMILES string of the molecule is c1nncn1N=C1CC2(CCC2)C1. The standard InChI is InChI=1S/C9H12N4/c1-2-9(3-1)4-8(5-9)12-13-6-10-11-7-13/h6-7H,1-5H2. The Morgan fingerprint density at radius 1 is 1.23 bits per heavy atom. The van der Waals surface area contributed by atoms with Crippen LogP contribution in [0.25, 0.3) is 0 Å². The second kappa shape index (κ2) is 2.40. The fourth-order valence-electron chi connectivity index (χ4n) is 2.33. The van der Waals surface area contributed by atoms with Crippen molar-refractivity contribution < 1.29 is 0 Å². The maximum absolute atomic E-state index is 4.41. The summed E-state index contributed by atoms with van der Waals surface area (Å²) in [6.07, 6.45) is 9.91. The van der Waals surface area contributed by atoms with Gasteiger partial charge in [0, 0.05) is 5.71 Å². The molecule has 2 saturated carbocycles. The summed E-state index contributed by atoms with van der Waals surface area (Å²) in [6.45, 7) is 0. The van der Waals surface area contributed by atoms with Gasteiger partial charge in [-0.05, 0) is 31.1 Å². The van der Waals surface area contributed by atoms with E-state index in [2.05, 4.69) is 15.3 Å². The lowest BCUT2D eigenvalue weighted by Gasteiger charge is -2.49. The molecule has 0 saturated heterocycles. The van der Waals surface area contributed by atoms with Crippen molar-refractivity contribution >= 4 is 5.71 Å². The lowest BCUT2D eigenvalue weighted by molar-refractivity contribution is 0.118. The zero-order valence-electron chi connectivity index (χ0n) is 7.48. The smallest absolute Gasteiger partial charge is 0.141 e. The van der Waals surface area contributed by atoms with Gasteiger partial charge in [0.2, 0.25) is 0 Å². The topological polar surface area (TPSA) is 43.1 Å². The van der Waals surface area contributed by atoms with Crippen LogP contribution in [0.5, 0.6) is 0 Å². The molecule has 0 unspecified atom stereocenters. The van der Waals surface area contributed by atoms with E-state index in [1.165, 1.54) is 37.8 Å². The highest BCUT2D eigenvalue weighted by Gasteiger charge is 2.46. The van der Waals surface area contributed by atoms with Crippen molar-refractivity contribution in [1.82, 2.24) is 14.9 Å². The van der Waals surface area contributed by atoms with Gasteiger partial charge in [-0.1, -0.05) is 6.42 Å². The highest BCUT2D eigenvalue weighted by atomic mass is 15.4. The normalized spacial score (nSPS) is 23.8. The fourth-order valence-corrected chi connectivity index (χ4v) is 2.33. The predicted molar refractivity (Wildman–Crippen MR) is 48.4 cm³/mol. The van der Waals surface area contributed by atoms with Crippen LogP contribution in [-0.2, 0) is 0 Å². The molecule has 1 aromatic rings. The second-order valence-corrected chi connectivity index (χ2v) is 4.22. The molecule has 0 amide bonds. The van der Waals surface area contributed by atoms with Crippen molar-refractivity contribution in [2.24, 2.45) is 10.5 Å². The minimum absolute atomic E-state index is 0.673. The molecule has 1 heterocycles. The number of hydrogen-bond donors (Lipinski definition) is 0. The zero-order valence-corrected chi connectivity index (χ0v) is 7.48. The number of rotatable bonds is 1. The van der Waals surface area contributed by atoms with E-state index in [1.807, 2.05) is 0 Å². The monoisotopic (exact) mass is 176 g/mol. The average Bonchev–Trinajstić information content (AvgIpc) is 2.43. The first kappa shape index (κ1) is 7.24. The van der Waals surface area contributed by atoms with Gasteiger partial charge in [-0.25, -0.2) is 4.68 Å². The minimum atomic E-state index is 0.673. The van der Waals surface area contributed by atoms with Crippen molar-refractivity contribution in [2.75, 3.05) is 0 Å². The molecule has 4 nitrogen and oxygen atoms in total. The van der Waals surface area contributed by atoms with E-state index in [-0.39, 0.29) is 0 Å². The second-order valence-electron chi connectivity index (χ2n) is 4.22. The first-order valence-electron chi connectivity index (χ1n) is 4.78. The Bertz CT molecular complexity index is 325. The van der Waals surface area contributed by atoms with E-state index in [9.17, 15) is 0 Å². The Kier molecular flexibility index (Phi) is 1.34. The van der Waals surface area contributed by atoms with Gasteiger partial charge in [-0.3, -0.25) is 0 Å². The predicted octanol–water partition coefficient (Wildman–Crippen LogP) is 1.45.